The molecule has 0 atom stereocenters. The van der Waals surface area contributed by atoms with Crippen molar-refractivity contribution < 1.29 is 23.1 Å². The van der Waals surface area contributed by atoms with Crippen molar-refractivity contribution in [3.8, 4) is 0 Å². The van der Waals surface area contributed by atoms with Gasteiger partial charge in [-0.05, 0) is 13.0 Å². The van der Waals surface area contributed by atoms with Gasteiger partial charge in [-0.2, -0.15) is 13.2 Å². The Bertz CT molecular complexity index is 649. The summed E-state index contributed by atoms with van der Waals surface area (Å²) in [4.78, 5) is 14.5. The Kier molecular flexibility index (Phi) is 2.73. The van der Waals surface area contributed by atoms with Crippen LogP contribution in [0.4, 0.5) is 13.2 Å². The third-order valence-electron chi connectivity index (χ3n) is 2.44. The van der Waals surface area contributed by atoms with Gasteiger partial charge in [0.1, 0.15) is 0 Å². The first-order valence-electron chi connectivity index (χ1n) is 4.70. The molecule has 0 saturated heterocycles. The molecule has 0 radical (unpaired) electrons. The number of nitrogens with zero attached hydrogens (tertiary/aromatic N) is 2. The molecule has 2 rings (SSSR count). The zero-order valence-corrected chi connectivity index (χ0v) is 9.67. The normalized spacial score (nSPS) is 12.1. The molecule has 0 aliphatic rings. The first-order valence-corrected chi connectivity index (χ1v) is 5.08. The van der Waals surface area contributed by atoms with Crippen LogP contribution < -0.4 is 0 Å². The van der Waals surface area contributed by atoms with Gasteiger partial charge in [0.05, 0.1) is 16.3 Å². The standard InChI is InChI=1S/C10H6ClF3N2O2/c1-4-7(9(17)18)15-8-6(11)2-5(3-16(4)8)10(12,13)14/h2-3H,1H3,(H,17,18). The van der Waals surface area contributed by atoms with Gasteiger partial charge in [-0.1, -0.05) is 11.6 Å². The third-order valence-corrected chi connectivity index (χ3v) is 2.72. The quantitative estimate of drug-likeness (QED) is 0.872. The van der Waals surface area contributed by atoms with E-state index in [4.69, 9.17) is 16.7 Å². The zero-order chi connectivity index (χ0) is 13.7. The van der Waals surface area contributed by atoms with E-state index in [-0.39, 0.29) is 22.1 Å². The van der Waals surface area contributed by atoms with Gasteiger partial charge in [-0.25, -0.2) is 9.78 Å². The Balaban J connectivity index is 2.80. The Morgan fingerprint density at radius 1 is 1.50 bits per heavy atom. The van der Waals surface area contributed by atoms with Crippen molar-refractivity contribution >= 4 is 23.2 Å². The monoisotopic (exact) mass is 278 g/mol. The topological polar surface area (TPSA) is 54.6 Å². The Hall–Kier alpha value is -1.76. The molecule has 18 heavy (non-hydrogen) atoms. The highest BCUT2D eigenvalue weighted by atomic mass is 35.5. The van der Waals surface area contributed by atoms with Crippen LogP contribution in [0.3, 0.4) is 0 Å². The molecule has 8 heteroatoms. The summed E-state index contributed by atoms with van der Waals surface area (Å²) < 4.78 is 38.8. The van der Waals surface area contributed by atoms with Gasteiger partial charge >= 0.3 is 12.1 Å². The van der Waals surface area contributed by atoms with E-state index in [1.165, 1.54) is 6.92 Å². The Morgan fingerprint density at radius 3 is 2.61 bits per heavy atom. The maximum atomic E-state index is 12.6. The first-order chi connectivity index (χ1) is 8.21. The number of alkyl halides is 3. The minimum atomic E-state index is -4.56. The van der Waals surface area contributed by atoms with Crippen LogP contribution in [0.1, 0.15) is 21.7 Å². The second-order valence-corrected chi connectivity index (χ2v) is 4.03. The second kappa shape index (κ2) is 3.88. The molecule has 0 amide bonds. The van der Waals surface area contributed by atoms with Gasteiger partial charge in [0.15, 0.2) is 11.3 Å². The molecule has 0 aromatic carbocycles. The van der Waals surface area contributed by atoms with Crippen molar-refractivity contribution in [1.82, 2.24) is 9.38 Å². The second-order valence-electron chi connectivity index (χ2n) is 3.62. The molecule has 0 aliphatic carbocycles. The summed E-state index contributed by atoms with van der Waals surface area (Å²) >= 11 is 5.68. The molecule has 0 fully saturated rings. The van der Waals surface area contributed by atoms with Crippen molar-refractivity contribution in [2.75, 3.05) is 0 Å². The molecule has 2 aromatic rings. The van der Waals surface area contributed by atoms with E-state index >= 15 is 0 Å². The molecule has 0 unspecified atom stereocenters. The smallest absolute Gasteiger partial charge is 0.417 e. The Morgan fingerprint density at radius 2 is 2.11 bits per heavy atom. The molecule has 0 bridgehead atoms. The van der Waals surface area contributed by atoms with E-state index in [9.17, 15) is 18.0 Å². The van der Waals surface area contributed by atoms with Gasteiger partial charge in [0.25, 0.3) is 0 Å². The minimum absolute atomic E-state index is 0.0143. The summed E-state index contributed by atoms with van der Waals surface area (Å²) in [6.45, 7) is 1.36. The Labute approximate surface area is 104 Å². The molecule has 0 spiro atoms. The van der Waals surface area contributed by atoms with E-state index in [0.29, 0.717) is 0 Å². The SMILES string of the molecule is Cc1c(C(=O)O)nc2c(Cl)cc(C(F)(F)F)cn12. The molecule has 2 aromatic heterocycles. The predicted octanol–water partition coefficient (Wildman–Crippen LogP) is 3.01. The summed E-state index contributed by atoms with van der Waals surface area (Å²) in [7, 11) is 0. The molecule has 1 N–H and O–H groups in total. The van der Waals surface area contributed by atoms with E-state index < -0.39 is 17.7 Å². The summed E-state index contributed by atoms with van der Waals surface area (Å²) in [5.74, 6) is -1.32. The van der Waals surface area contributed by atoms with Crippen LogP contribution in [0, 0.1) is 6.92 Å². The summed E-state index contributed by atoms with van der Waals surface area (Å²) in [5, 5.41) is 8.60. The minimum Gasteiger partial charge on any atom is -0.476 e. The molecule has 0 aliphatic heterocycles. The highest BCUT2D eigenvalue weighted by molar-refractivity contribution is 6.33. The van der Waals surface area contributed by atoms with Crippen LogP contribution in [0.2, 0.25) is 5.02 Å². The summed E-state index contributed by atoms with van der Waals surface area (Å²) in [6, 6.07) is 0.717. The largest absolute Gasteiger partial charge is 0.476 e. The van der Waals surface area contributed by atoms with Gasteiger partial charge < -0.3 is 9.51 Å². The number of pyridine rings is 1. The van der Waals surface area contributed by atoms with Crippen molar-refractivity contribution in [3.05, 3.63) is 34.2 Å². The highest BCUT2D eigenvalue weighted by Crippen LogP contribution is 2.32. The van der Waals surface area contributed by atoms with E-state index in [1.54, 1.807) is 0 Å². The van der Waals surface area contributed by atoms with Gasteiger partial charge in [0.2, 0.25) is 0 Å². The van der Waals surface area contributed by atoms with Crippen LogP contribution in [0.25, 0.3) is 5.65 Å². The lowest BCUT2D eigenvalue weighted by molar-refractivity contribution is -0.137. The molecule has 2 heterocycles. The molecular weight excluding hydrogens is 273 g/mol. The third kappa shape index (κ3) is 1.90. The van der Waals surface area contributed by atoms with Crippen molar-refractivity contribution in [1.29, 1.82) is 0 Å². The number of carboxylic acid groups (broad SMARTS) is 1. The maximum Gasteiger partial charge on any atom is 0.417 e. The van der Waals surface area contributed by atoms with Crippen LogP contribution in [-0.2, 0) is 6.18 Å². The van der Waals surface area contributed by atoms with Crippen molar-refractivity contribution in [2.24, 2.45) is 0 Å². The molecule has 96 valence electrons. The van der Waals surface area contributed by atoms with Crippen molar-refractivity contribution in [2.45, 2.75) is 13.1 Å². The first kappa shape index (κ1) is 12.7. The van der Waals surface area contributed by atoms with Crippen LogP contribution in [-0.4, -0.2) is 20.5 Å². The van der Waals surface area contributed by atoms with Crippen LogP contribution >= 0.6 is 11.6 Å². The zero-order valence-electron chi connectivity index (χ0n) is 8.92. The number of halogens is 4. The fraction of sp³-hybridized carbons (Fsp3) is 0.200. The lowest BCUT2D eigenvalue weighted by Crippen LogP contribution is -2.07. The number of carboxylic acids is 1. The average Bonchev–Trinajstić information content (AvgIpc) is 2.56. The molecule has 4 nitrogen and oxygen atoms in total. The van der Waals surface area contributed by atoms with Gasteiger partial charge in [0, 0.05) is 6.20 Å². The number of carbonyl (C=O) groups is 1. The maximum absolute atomic E-state index is 12.6. The van der Waals surface area contributed by atoms with E-state index in [0.717, 1.165) is 16.7 Å². The van der Waals surface area contributed by atoms with Gasteiger partial charge in [-0.3, -0.25) is 0 Å². The number of rotatable bonds is 1. The molecule has 0 saturated carbocycles. The predicted molar refractivity (Wildman–Crippen MR) is 56.9 cm³/mol. The lowest BCUT2D eigenvalue weighted by Gasteiger charge is -2.08. The number of aromatic carboxylic acids is 1. The van der Waals surface area contributed by atoms with Crippen LogP contribution in [0.5, 0.6) is 0 Å². The lowest BCUT2D eigenvalue weighted by atomic mass is 10.2. The fourth-order valence-corrected chi connectivity index (χ4v) is 1.83. The molecular formula is C10H6ClF3N2O2. The number of aromatic nitrogens is 2. The van der Waals surface area contributed by atoms with E-state index in [1.807, 2.05) is 0 Å². The number of imidazole rings is 1. The summed E-state index contributed by atoms with van der Waals surface area (Å²) in [6.07, 6.45) is -3.78. The number of fused-ring (bicyclic) bond motifs is 1. The highest BCUT2D eigenvalue weighted by Gasteiger charge is 2.32. The van der Waals surface area contributed by atoms with Gasteiger partial charge in [-0.15, -0.1) is 0 Å². The average molecular weight is 279 g/mol. The van der Waals surface area contributed by atoms with Crippen molar-refractivity contribution in [3.63, 3.8) is 0 Å². The number of aryl methyl sites for hydroxylation is 1. The number of hydrogen-bond donors (Lipinski definition) is 1. The fourth-order valence-electron chi connectivity index (χ4n) is 1.58. The summed E-state index contributed by atoms with van der Waals surface area (Å²) in [5.41, 5.74) is -1.21. The number of hydrogen-bond acceptors (Lipinski definition) is 2. The van der Waals surface area contributed by atoms with Crippen LogP contribution in [0.15, 0.2) is 12.3 Å². The van der Waals surface area contributed by atoms with E-state index in [2.05, 4.69) is 4.98 Å².